The molecule has 0 bridgehead atoms. The highest BCUT2D eigenvalue weighted by Crippen LogP contribution is 2.40. The summed E-state index contributed by atoms with van der Waals surface area (Å²) in [6.07, 6.45) is 3.43. The van der Waals surface area contributed by atoms with Gasteiger partial charge in [0.1, 0.15) is 11.6 Å². The van der Waals surface area contributed by atoms with Gasteiger partial charge in [0, 0.05) is 37.1 Å². The monoisotopic (exact) mass is 521 g/mol. The van der Waals surface area contributed by atoms with Crippen LogP contribution in [0.3, 0.4) is 0 Å². The maximum absolute atomic E-state index is 13.1. The fraction of sp³-hybridized carbons (Fsp3) is 0.393. The average molecular weight is 522 g/mol. The third kappa shape index (κ3) is 6.19. The summed E-state index contributed by atoms with van der Waals surface area (Å²) in [5, 5.41) is 6.38. The Labute approximate surface area is 223 Å². The first kappa shape index (κ1) is 26.8. The van der Waals surface area contributed by atoms with E-state index in [9.17, 15) is 4.79 Å². The van der Waals surface area contributed by atoms with Crippen LogP contribution >= 0.6 is 0 Å². The van der Waals surface area contributed by atoms with Crippen LogP contribution < -0.4 is 34.5 Å². The zero-order chi connectivity index (χ0) is 27.1. The van der Waals surface area contributed by atoms with E-state index in [0.29, 0.717) is 35.4 Å². The normalized spacial score (nSPS) is 15.8. The number of piperidine rings is 1. The predicted octanol–water partition coefficient (Wildman–Crippen LogP) is 4.35. The zero-order valence-corrected chi connectivity index (χ0v) is 22.5. The number of hydrogen-bond donors (Lipinski definition) is 2. The van der Waals surface area contributed by atoms with Crippen molar-refractivity contribution >= 4 is 23.4 Å². The highest BCUT2D eigenvalue weighted by molar-refractivity contribution is 5.80. The van der Waals surface area contributed by atoms with Crippen LogP contribution in [0.2, 0.25) is 0 Å². The Balaban J connectivity index is 1.44. The molecule has 0 aliphatic carbocycles. The molecule has 10 heteroatoms. The second-order valence-corrected chi connectivity index (χ2v) is 9.07. The molecule has 2 atom stereocenters. The fourth-order valence-corrected chi connectivity index (χ4v) is 4.59. The van der Waals surface area contributed by atoms with Crippen LogP contribution in [-0.4, -0.2) is 57.4 Å². The van der Waals surface area contributed by atoms with Crippen LogP contribution in [0.1, 0.15) is 31.4 Å². The van der Waals surface area contributed by atoms with E-state index in [2.05, 4.69) is 20.5 Å². The Morgan fingerprint density at radius 2 is 1.79 bits per heavy atom. The molecule has 10 nitrogen and oxygen atoms in total. The van der Waals surface area contributed by atoms with Gasteiger partial charge in [0.05, 0.1) is 40.4 Å². The number of ether oxygens (including phenoxy) is 4. The molecule has 2 N–H and O–H groups in total. The number of nitrogens with zero attached hydrogens (tertiary/aromatic N) is 3. The van der Waals surface area contributed by atoms with Crippen molar-refractivity contribution in [2.75, 3.05) is 51.7 Å². The lowest BCUT2D eigenvalue weighted by molar-refractivity contribution is -0.125. The molecule has 3 aromatic rings. The van der Waals surface area contributed by atoms with Crippen LogP contribution in [0, 0.1) is 5.92 Å². The first-order chi connectivity index (χ1) is 18.4. The Bertz CT molecular complexity index is 1230. The predicted molar refractivity (Wildman–Crippen MR) is 146 cm³/mol. The Kier molecular flexibility index (Phi) is 8.73. The average Bonchev–Trinajstić information content (AvgIpc) is 2.96. The van der Waals surface area contributed by atoms with Crippen molar-refractivity contribution in [2.24, 2.45) is 5.92 Å². The first-order valence-electron chi connectivity index (χ1n) is 12.5. The van der Waals surface area contributed by atoms with Crippen molar-refractivity contribution < 1.29 is 23.7 Å². The molecule has 0 radical (unpaired) electrons. The molecule has 0 saturated carbocycles. The topological polar surface area (TPSA) is 107 Å². The molecule has 2 heterocycles. The van der Waals surface area contributed by atoms with Gasteiger partial charge in [0.15, 0.2) is 11.5 Å². The lowest BCUT2D eigenvalue weighted by Gasteiger charge is -2.33. The van der Waals surface area contributed by atoms with Crippen LogP contribution in [-0.2, 0) is 4.79 Å². The summed E-state index contributed by atoms with van der Waals surface area (Å²) < 4.78 is 21.6. The molecule has 38 heavy (non-hydrogen) atoms. The molecule has 1 aliphatic rings. The van der Waals surface area contributed by atoms with E-state index >= 15 is 0 Å². The smallest absolute Gasteiger partial charge is 0.229 e. The number of aromatic nitrogens is 2. The number of hydrogen-bond acceptors (Lipinski definition) is 9. The molecule has 1 aromatic heterocycles. The van der Waals surface area contributed by atoms with Gasteiger partial charge in [-0.05, 0) is 43.5 Å². The van der Waals surface area contributed by atoms with E-state index in [0.717, 1.165) is 36.5 Å². The molecule has 1 fully saturated rings. The number of benzene rings is 2. The second-order valence-electron chi connectivity index (χ2n) is 9.07. The molecule has 1 amide bonds. The van der Waals surface area contributed by atoms with E-state index < -0.39 is 0 Å². The van der Waals surface area contributed by atoms with E-state index in [1.165, 1.54) is 0 Å². The second kappa shape index (κ2) is 12.4. The molecule has 202 valence electrons. The summed E-state index contributed by atoms with van der Waals surface area (Å²) >= 11 is 0. The standard InChI is InChI=1S/C28H35N5O5/c1-18(19-8-6-10-22(14-19)35-2)30-27(34)20-9-7-13-33(17-20)25-11-12-29-28(32-25)31-21-15-23(36-3)26(38-5)24(16-21)37-4/h6,8,10-12,14-16,18,20H,7,9,13,17H2,1-5H3,(H,30,34)(H,29,31,32)/t18-,20+/m1/s1. The largest absolute Gasteiger partial charge is 0.497 e. The molecule has 0 spiro atoms. The number of methoxy groups -OCH3 is 4. The SMILES string of the molecule is COc1cccc([C@@H](C)NC(=O)[C@H]2CCCN(c3ccnc(Nc4cc(OC)c(OC)c(OC)c4)n3)C2)c1. The summed E-state index contributed by atoms with van der Waals surface area (Å²) in [6.45, 7) is 3.38. The zero-order valence-electron chi connectivity index (χ0n) is 22.5. The van der Waals surface area contributed by atoms with Gasteiger partial charge in [0.2, 0.25) is 17.6 Å². The number of carbonyl (C=O) groups is 1. The maximum atomic E-state index is 13.1. The summed E-state index contributed by atoms with van der Waals surface area (Å²) in [4.78, 5) is 24.4. The van der Waals surface area contributed by atoms with E-state index in [4.69, 9.17) is 23.9 Å². The van der Waals surface area contributed by atoms with Crippen molar-refractivity contribution in [1.82, 2.24) is 15.3 Å². The minimum absolute atomic E-state index is 0.0369. The minimum Gasteiger partial charge on any atom is -0.497 e. The van der Waals surface area contributed by atoms with Gasteiger partial charge in [-0.15, -0.1) is 0 Å². The van der Waals surface area contributed by atoms with E-state index in [-0.39, 0.29) is 17.9 Å². The molecule has 0 unspecified atom stereocenters. The molecular formula is C28H35N5O5. The Morgan fingerprint density at radius 1 is 1.03 bits per heavy atom. The van der Waals surface area contributed by atoms with Crippen molar-refractivity contribution in [2.45, 2.75) is 25.8 Å². The van der Waals surface area contributed by atoms with Crippen LogP contribution in [0.15, 0.2) is 48.7 Å². The van der Waals surface area contributed by atoms with Crippen molar-refractivity contribution in [3.8, 4) is 23.0 Å². The third-order valence-corrected chi connectivity index (χ3v) is 6.63. The highest BCUT2D eigenvalue weighted by atomic mass is 16.5. The Hall–Kier alpha value is -4.21. The Morgan fingerprint density at radius 3 is 2.47 bits per heavy atom. The lowest BCUT2D eigenvalue weighted by atomic mass is 9.96. The van der Waals surface area contributed by atoms with Gasteiger partial charge < -0.3 is 34.5 Å². The van der Waals surface area contributed by atoms with E-state index in [1.807, 2.05) is 37.3 Å². The number of amides is 1. The summed E-state index contributed by atoms with van der Waals surface area (Å²) in [6, 6.07) is 13.1. The van der Waals surface area contributed by atoms with Crippen LogP contribution in [0.5, 0.6) is 23.0 Å². The number of rotatable bonds is 10. The maximum Gasteiger partial charge on any atom is 0.229 e. The van der Waals surface area contributed by atoms with Crippen LogP contribution in [0.4, 0.5) is 17.5 Å². The summed E-state index contributed by atoms with van der Waals surface area (Å²) in [5.41, 5.74) is 1.70. The highest BCUT2D eigenvalue weighted by Gasteiger charge is 2.28. The molecule has 1 saturated heterocycles. The van der Waals surface area contributed by atoms with Crippen molar-refractivity contribution in [3.63, 3.8) is 0 Å². The van der Waals surface area contributed by atoms with Gasteiger partial charge in [-0.1, -0.05) is 12.1 Å². The molecule has 2 aromatic carbocycles. The first-order valence-corrected chi connectivity index (χ1v) is 12.5. The van der Waals surface area contributed by atoms with Crippen LogP contribution in [0.25, 0.3) is 0 Å². The minimum atomic E-state index is -0.140. The van der Waals surface area contributed by atoms with Crippen molar-refractivity contribution in [1.29, 1.82) is 0 Å². The van der Waals surface area contributed by atoms with Crippen molar-refractivity contribution in [3.05, 3.63) is 54.2 Å². The molecular weight excluding hydrogens is 486 g/mol. The van der Waals surface area contributed by atoms with Gasteiger partial charge in [-0.2, -0.15) is 4.98 Å². The van der Waals surface area contributed by atoms with Gasteiger partial charge in [-0.25, -0.2) is 4.98 Å². The van der Waals surface area contributed by atoms with Gasteiger partial charge >= 0.3 is 0 Å². The quantitative estimate of drug-likeness (QED) is 0.403. The summed E-state index contributed by atoms with van der Waals surface area (Å²) in [7, 11) is 6.33. The number of carbonyl (C=O) groups excluding carboxylic acids is 1. The lowest BCUT2D eigenvalue weighted by Crippen LogP contribution is -2.44. The molecule has 4 rings (SSSR count). The fourth-order valence-electron chi connectivity index (χ4n) is 4.59. The number of nitrogens with one attached hydrogen (secondary N) is 2. The third-order valence-electron chi connectivity index (χ3n) is 6.63. The molecule has 1 aliphatic heterocycles. The van der Waals surface area contributed by atoms with Gasteiger partial charge in [0.25, 0.3) is 0 Å². The van der Waals surface area contributed by atoms with E-state index in [1.54, 1.807) is 46.8 Å². The number of anilines is 3. The summed E-state index contributed by atoms with van der Waals surface area (Å²) in [5.74, 6) is 3.41. The van der Waals surface area contributed by atoms with Gasteiger partial charge in [-0.3, -0.25) is 4.79 Å².